The summed E-state index contributed by atoms with van der Waals surface area (Å²) in [6, 6.07) is 8.05. The maximum absolute atomic E-state index is 5.84. The molecular formula is C14H18N4S. The number of aryl methyl sites for hydroxylation is 2. The number of guanidine groups is 1. The van der Waals surface area contributed by atoms with Gasteiger partial charge in [0.05, 0.1) is 5.01 Å². The molecule has 0 aliphatic heterocycles. The molecule has 0 spiro atoms. The van der Waals surface area contributed by atoms with Crippen molar-refractivity contribution in [1.82, 2.24) is 4.98 Å². The standard InChI is InChI=1S/C14H18N4S/c1-10-3-5-12(6-4-10)18-14(15)16-8-7-13-17-9-11(2)19-13/h3-6,9H,7-8H2,1-2H3,(H3,15,16,18). The number of hydrogen-bond donors (Lipinski definition) is 2. The van der Waals surface area contributed by atoms with Gasteiger partial charge in [-0.3, -0.25) is 4.99 Å². The van der Waals surface area contributed by atoms with Gasteiger partial charge >= 0.3 is 0 Å². The van der Waals surface area contributed by atoms with E-state index < -0.39 is 0 Å². The van der Waals surface area contributed by atoms with Crippen LogP contribution in [0.3, 0.4) is 0 Å². The van der Waals surface area contributed by atoms with E-state index in [9.17, 15) is 0 Å². The summed E-state index contributed by atoms with van der Waals surface area (Å²) in [5.74, 6) is 0.442. The fourth-order valence-corrected chi connectivity index (χ4v) is 2.39. The van der Waals surface area contributed by atoms with E-state index in [2.05, 4.69) is 29.1 Å². The second-order valence-corrected chi connectivity index (χ2v) is 5.69. The van der Waals surface area contributed by atoms with Crippen molar-refractivity contribution in [2.75, 3.05) is 11.9 Å². The Morgan fingerprint density at radius 3 is 2.68 bits per heavy atom. The summed E-state index contributed by atoms with van der Waals surface area (Å²) in [4.78, 5) is 9.82. The number of anilines is 1. The van der Waals surface area contributed by atoms with E-state index in [1.54, 1.807) is 11.3 Å². The van der Waals surface area contributed by atoms with Crippen molar-refractivity contribution in [3.8, 4) is 0 Å². The second-order valence-electron chi connectivity index (χ2n) is 4.37. The van der Waals surface area contributed by atoms with Gasteiger partial charge in [-0.1, -0.05) is 17.7 Å². The molecule has 5 heteroatoms. The Labute approximate surface area is 117 Å². The minimum atomic E-state index is 0.442. The summed E-state index contributed by atoms with van der Waals surface area (Å²) < 4.78 is 0. The summed E-state index contributed by atoms with van der Waals surface area (Å²) in [6.45, 7) is 4.76. The summed E-state index contributed by atoms with van der Waals surface area (Å²) in [5.41, 5.74) is 8.01. The van der Waals surface area contributed by atoms with Gasteiger partial charge in [0, 0.05) is 29.7 Å². The van der Waals surface area contributed by atoms with E-state index in [1.807, 2.05) is 30.5 Å². The van der Waals surface area contributed by atoms with Crippen molar-refractivity contribution >= 4 is 23.0 Å². The molecule has 0 bridgehead atoms. The van der Waals surface area contributed by atoms with Crippen molar-refractivity contribution in [1.29, 1.82) is 0 Å². The van der Waals surface area contributed by atoms with Gasteiger partial charge in [-0.25, -0.2) is 4.98 Å². The van der Waals surface area contributed by atoms with Crippen molar-refractivity contribution in [2.24, 2.45) is 10.7 Å². The Morgan fingerprint density at radius 1 is 1.32 bits per heavy atom. The third-order valence-corrected chi connectivity index (χ3v) is 3.57. The van der Waals surface area contributed by atoms with E-state index >= 15 is 0 Å². The average molecular weight is 274 g/mol. The zero-order valence-electron chi connectivity index (χ0n) is 11.2. The predicted octanol–water partition coefficient (Wildman–Crippen LogP) is 2.73. The number of aromatic nitrogens is 1. The molecule has 0 atom stereocenters. The molecule has 1 heterocycles. The third kappa shape index (κ3) is 4.37. The average Bonchev–Trinajstić information content (AvgIpc) is 2.78. The first kappa shape index (κ1) is 13.5. The van der Waals surface area contributed by atoms with Crippen LogP contribution in [0.25, 0.3) is 0 Å². The lowest BCUT2D eigenvalue weighted by Gasteiger charge is -2.05. The lowest BCUT2D eigenvalue weighted by Crippen LogP contribution is -2.23. The molecule has 0 fully saturated rings. The number of nitrogens with zero attached hydrogens (tertiary/aromatic N) is 2. The molecule has 0 aliphatic carbocycles. The first-order valence-electron chi connectivity index (χ1n) is 6.18. The van der Waals surface area contributed by atoms with Crippen LogP contribution in [0.1, 0.15) is 15.4 Å². The molecule has 0 saturated carbocycles. The van der Waals surface area contributed by atoms with E-state index in [0.717, 1.165) is 17.1 Å². The fraction of sp³-hybridized carbons (Fsp3) is 0.286. The first-order chi connectivity index (χ1) is 9.13. The number of rotatable bonds is 4. The van der Waals surface area contributed by atoms with Gasteiger partial charge in [0.25, 0.3) is 0 Å². The van der Waals surface area contributed by atoms with Crippen LogP contribution in [0.2, 0.25) is 0 Å². The van der Waals surface area contributed by atoms with Crippen LogP contribution in [0.15, 0.2) is 35.5 Å². The summed E-state index contributed by atoms with van der Waals surface area (Å²) in [6.07, 6.45) is 2.71. The molecule has 0 radical (unpaired) electrons. The molecule has 1 aromatic carbocycles. The molecule has 0 saturated heterocycles. The molecular weight excluding hydrogens is 256 g/mol. The molecule has 2 rings (SSSR count). The van der Waals surface area contributed by atoms with Crippen LogP contribution in [0.5, 0.6) is 0 Å². The lowest BCUT2D eigenvalue weighted by atomic mass is 10.2. The van der Waals surface area contributed by atoms with Gasteiger partial charge in [-0.2, -0.15) is 0 Å². The van der Waals surface area contributed by atoms with Crippen LogP contribution in [-0.2, 0) is 6.42 Å². The molecule has 100 valence electrons. The maximum Gasteiger partial charge on any atom is 0.193 e. The van der Waals surface area contributed by atoms with Crippen LogP contribution in [0.4, 0.5) is 5.69 Å². The third-order valence-electron chi connectivity index (χ3n) is 2.60. The number of nitrogens with one attached hydrogen (secondary N) is 1. The van der Waals surface area contributed by atoms with Crippen LogP contribution in [-0.4, -0.2) is 17.5 Å². The van der Waals surface area contributed by atoms with Crippen LogP contribution in [0, 0.1) is 13.8 Å². The van der Waals surface area contributed by atoms with Gasteiger partial charge in [0.1, 0.15) is 0 Å². The monoisotopic (exact) mass is 274 g/mol. The Kier molecular flexibility index (Phi) is 4.52. The summed E-state index contributed by atoms with van der Waals surface area (Å²) >= 11 is 1.70. The number of thiazole rings is 1. The molecule has 1 aromatic heterocycles. The van der Waals surface area contributed by atoms with Gasteiger partial charge < -0.3 is 11.1 Å². The van der Waals surface area contributed by atoms with Gasteiger partial charge in [0.15, 0.2) is 5.96 Å². The minimum absolute atomic E-state index is 0.442. The topological polar surface area (TPSA) is 63.3 Å². The van der Waals surface area contributed by atoms with Crippen LogP contribution >= 0.6 is 11.3 Å². The van der Waals surface area contributed by atoms with E-state index in [-0.39, 0.29) is 0 Å². The molecule has 2 aromatic rings. The van der Waals surface area contributed by atoms with Gasteiger partial charge in [0.2, 0.25) is 0 Å². The van der Waals surface area contributed by atoms with E-state index in [0.29, 0.717) is 12.5 Å². The smallest absolute Gasteiger partial charge is 0.193 e. The van der Waals surface area contributed by atoms with Crippen molar-refractivity contribution in [3.63, 3.8) is 0 Å². The zero-order valence-corrected chi connectivity index (χ0v) is 12.0. The molecule has 4 nitrogen and oxygen atoms in total. The van der Waals surface area contributed by atoms with Crippen LogP contribution < -0.4 is 11.1 Å². The largest absolute Gasteiger partial charge is 0.370 e. The SMILES string of the molecule is Cc1ccc(NC(N)=NCCc2ncc(C)s2)cc1. The molecule has 19 heavy (non-hydrogen) atoms. The predicted molar refractivity (Wildman–Crippen MR) is 81.8 cm³/mol. The van der Waals surface area contributed by atoms with Gasteiger partial charge in [-0.05, 0) is 26.0 Å². The lowest BCUT2D eigenvalue weighted by molar-refractivity contribution is 0.949. The summed E-state index contributed by atoms with van der Waals surface area (Å²) in [7, 11) is 0. The molecule has 0 amide bonds. The normalized spacial score (nSPS) is 11.6. The zero-order chi connectivity index (χ0) is 13.7. The summed E-state index contributed by atoms with van der Waals surface area (Å²) in [5, 5.41) is 4.17. The Morgan fingerprint density at radius 2 is 2.05 bits per heavy atom. The van der Waals surface area contributed by atoms with Gasteiger partial charge in [-0.15, -0.1) is 11.3 Å². The van der Waals surface area contributed by atoms with Crippen molar-refractivity contribution < 1.29 is 0 Å². The van der Waals surface area contributed by atoms with E-state index in [4.69, 9.17) is 5.73 Å². The number of nitrogens with two attached hydrogens (primary N) is 1. The Balaban J connectivity index is 1.84. The van der Waals surface area contributed by atoms with Crippen molar-refractivity contribution in [2.45, 2.75) is 20.3 Å². The maximum atomic E-state index is 5.84. The highest BCUT2D eigenvalue weighted by molar-refractivity contribution is 7.11. The fourth-order valence-electron chi connectivity index (χ4n) is 1.61. The number of hydrogen-bond acceptors (Lipinski definition) is 3. The Bertz CT molecular complexity index is 557. The first-order valence-corrected chi connectivity index (χ1v) is 7.00. The number of benzene rings is 1. The molecule has 0 aliphatic rings. The second kappa shape index (κ2) is 6.33. The quantitative estimate of drug-likeness (QED) is 0.665. The minimum Gasteiger partial charge on any atom is -0.370 e. The highest BCUT2D eigenvalue weighted by atomic mass is 32.1. The van der Waals surface area contributed by atoms with E-state index in [1.165, 1.54) is 10.4 Å². The number of aliphatic imine (C=N–C) groups is 1. The molecule has 0 unspecified atom stereocenters. The Hall–Kier alpha value is -1.88. The highest BCUT2D eigenvalue weighted by Gasteiger charge is 1.98. The highest BCUT2D eigenvalue weighted by Crippen LogP contribution is 2.11. The molecule has 3 N–H and O–H groups in total. The van der Waals surface area contributed by atoms with Crippen molar-refractivity contribution in [3.05, 3.63) is 45.9 Å².